The van der Waals surface area contributed by atoms with Crippen LogP contribution in [-0.4, -0.2) is 35.6 Å². The molecule has 3 aromatic rings. The Morgan fingerprint density at radius 2 is 1.69 bits per heavy atom. The van der Waals surface area contributed by atoms with Crippen molar-refractivity contribution in [2.75, 3.05) is 18.7 Å². The molecular weight excluding hydrogens is 412 g/mol. The van der Waals surface area contributed by atoms with Crippen LogP contribution in [0.2, 0.25) is 0 Å². The number of rotatable bonds is 6. The molecule has 8 heteroatoms. The van der Waals surface area contributed by atoms with E-state index in [9.17, 15) is 14.4 Å². The molecule has 0 spiro atoms. The summed E-state index contributed by atoms with van der Waals surface area (Å²) < 4.78 is 17.8. The summed E-state index contributed by atoms with van der Waals surface area (Å²) in [6.45, 7) is 4.65. The fraction of sp³-hybridized carbons (Fsp3) is 0.208. The smallest absolute Gasteiger partial charge is 0.340 e. The molecule has 2 heterocycles. The van der Waals surface area contributed by atoms with Gasteiger partial charge in [-0.1, -0.05) is 18.2 Å². The van der Waals surface area contributed by atoms with Crippen LogP contribution in [0.25, 0.3) is 5.69 Å². The number of carbonyl (C=O) groups is 3. The zero-order valence-electron chi connectivity index (χ0n) is 17.9. The largest absolute Gasteiger partial charge is 0.454 e. The van der Waals surface area contributed by atoms with E-state index in [1.54, 1.807) is 6.07 Å². The number of nitrogens with zero attached hydrogens (tertiary/aromatic N) is 1. The van der Waals surface area contributed by atoms with E-state index < -0.39 is 18.5 Å². The van der Waals surface area contributed by atoms with Gasteiger partial charge in [-0.15, -0.1) is 0 Å². The Morgan fingerprint density at radius 3 is 2.38 bits per heavy atom. The molecule has 0 saturated heterocycles. The van der Waals surface area contributed by atoms with Gasteiger partial charge in [-0.05, 0) is 45.0 Å². The maximum absolute atomic E-state index is 12.6. The Hall–Kier alpha value is -4.07. The predicted molar refractivity (Wildman–Crippen MR) is 117 cm³/mol. The van der Waals surface area contributed by atoms with Crippen molar-refractivity contribution in [2.45, 2.75) is 20.8 Å². The first-order valence-corrected chi connectivity index (χ1v) is 10.0. The molecule has 0 atom stereocenters. The van der Waals surface area contributed by atoms with Crippen LogP contribution in [0, 0.1) is 13.8 Å². The van der Waals surface area contributed by atoms with Gasteiger partial charge in [-0.3, -0.25) is 9.59 Å². The van der Waals surface area contributed by atoms with E-state index in [0.717, 1.165) is 11.4 Å². The van der Waals surface area contributed by atoms with Crippen LogP contribution in [0.5, 0.6) is 11.5 Å². The standard InChI is InChI=1S/C24H22N2O6/c1-14-9-18(15(2)26(14)17-7-5-4-6-8-17)24(29)30-12-23(28)25-20-11-22-21(31-13-32-22)10-19(20)16(3)27/h4-11H,12-13H2,1-3H3,(H,25,28). The van der Waals surface area contributed by atoms with Crippen molar-refractivity contribution >= 4 is 23.3 Å². The lowest BCUT2D eigenvalue weighted by molar-refractivity contribution is -0.119. The van der Waals surface area contributed by atoms with Gasteiger partial charge < -0.3 is 24.1 Å². The second-order valence-corrected chi connectivity index (χ2v) is 7.39. The molecular formula is C24H22N2O6. The number of Topliss-reactive ketones (excluding diaryl/α,β-unsaturated/α-hetero) is 1. The van der Waals surface area contributed by atoms with E-state index >= 15 is 0 Å². The number of carbonyl (C=O) groups excluding carboxylic acids is 3. The van der Waals surface area contributed by atoms with Gasteiger partial charge in [-0.2, -0.15) is 0 Å². The molecule has 1 aliphatic heterocycles. The van der Waals surface area contributed by atoms with Crippen LogP contribution in [0.15, 0.2) is 48.5 Å². The van der Waals surface area contributed by atoms with Gasteiger partial charge in [0.2, 0.25) is 6.79 Å². The first-order chi connectivity index (χ1) is 15.3. The number of nitrogens with one attached hydrogen (secondary N) is 1. The number of ether oxygens (including phenoxy) is 3. The van der Waals surface area contributed by atoms with E-state index in [2.05, 4.69) is 5.32 Å². The predicted octanol–water partition coefficient (Wildman–Crippen LogP) is 3.82. The number of ketones is 1. The Kier molecular flexibility index (Phi) is 5.68. The van der Waals surface area contributed by atoms with Gasteiger partial charge in [-0.25, -0.2) is 4.79 Å². The van der Waals surface area contributed by atoms with E-state index in [1.165, 1.54) is 19.1 Å². The highest BCUT2D eigenvalue weighted by Crippen LogP contribution is 2.37. The molecule has 0 saturated carbocycles. The molecule has 32 heavy (non-hydrogen) atoms. The molecule has 1 N–H and O–H groups in total. The summed E-state index contributed by atoms with van der Waals surface area (Å²) >= 11 is 0. The van der Waals surface area contributed by atoms with E-state index in [-0.39, 0.29) is 23.8 Å². The zero-order chi connectivity index (χ0) is 22.8. The fourth-order valence-electron chi connectivity index (χ4n) is 3.68. The van der Waals surface area contributed by atoms with Crippen LogP contribution in [0.3, 0.4) is 0 Å². The fourth-order valence-corrected chi connectivity index (χ4v) is 3.68. The van der Waals surface area contributed by atoms with E-state index in [4.69, 9.17) is 14.2 Å². The molecule has 2 aromatic carbocycles. The third-order valence-corrected chi connectivity index (χ3v) is 5.17. The van der Waals surface area contributed by atoms with Gasteiger partial charge >= 0.3 is 5.97 Å². The number of fused-ring (bicyclic) bond motifs is 1. The van der Waals surface area contributed by atoms with E-state index in [1.807, 2.05) is 48.7 Å². The molecule has 0 fully saturated rings. The zero-order valence-corrected chi connectivity index (χ0v) is 17.9. The number of esters is 1. The van der Waals surface area contributed by atoms with E-state index in [0.29, 0.717) is 22.8 Å². The molecule has 0 radical (unpaired) electrons. The van der Waals surface area contributed by atoms with Gasteiger partial charge in [0.05, 0.1) is 11.3 Å². The first-order valence-electron chi connectivity index (χ1n) is 10.0. The van der Waals surface area contributed by atoms with Crippen LogP contribution in [-0.2, 0) is 9.53 Å². The number of amides is 1. The summed E-state index contributed by atoms with van der Waals surface area (Å²) in [7, 11) is 0. The Balaban J connectivity index is 1.46. The maximum Gasteiger partial charge on any atom is 0.340 e. The molecule has 0 bridgehead atoms. The monoisotopic (exact) mass is 434 g/mol. The summed E-state index contributed by atoms with van der Waals surface area (Å²) in [4.78, 5) is 37.0. The Morgan fingerprint density at radius 1 is 1.00 bits per heavy atom. The molecule has 1 aliphatic rings. The summed E-state index contributed by atoms with van der Waals surface area (Å²) in [5.41, 5.74) is 3.45. The highest BCUT2D eigenvalue weighted by molar-refractivity contribution is 6.05. The average Bonchev–Trinajstić information content (AvgIpc) is 3.35. The SMILES string of the molecule is CC(=O)c1cc2c(cc1NC(=O)COC(=O)c1cc(C)n(-c3ccccc3)c1C)OCO2. The van der Waals surface area contributed by atoms with Crippen LogP contribution in [0.4, 0.5) is 5.69 Å². The summed E-state index contributed by atoms with van der Waals surface area (Å²) in [6.07, 6.45) is 0. The van der Waals surface area contributed by atoms with Crippen molar-refractivity contribution in [3.05, 3.63) is 71.0 Å². The topological polar surface area (TPSA) is 95.9 Å². The second-order valence-electron chi connectivity index (χ2n) is 7.39. The summed E-state index contributed by atoms with van der Waals surface area (Å²) in [5, 5.41) is 2.61. The van der Waals surface area contributed by atoms with Crippen LogP contribution < -0.4 is 14.8 Å². The minimum atomic E-state index is -0.604. The lowest BCUT2D eigenvalue weighted by Gasteiger charge is -2.11. The minimum Gasteiger partial charge on any atom is -0.454 e. The molecule has 1 aromatic heterocycles. The number of benzene rings is 2. The number of hydrogen-bond acceptors (Lipinski definition) is 6. The first kappa shape index (κ1) is 21.2. The summed E-state index contributed by atoms with van der Waals surface area (Å²) in [6, 6.07) is 14.4. The van der Waals surface area contributed by atoms with Gasteiger partial charge in [0, 0.05) is 28.7 Å². The van der Waals surface area contributed by atoms with Crippen molar-refractivity contribution in [1.82, 2.24) is 4.57 Å². The van der Waals surface area contributed by atoms with Gasteiger partial charge in [0.1, 0.15) is 0 Å². The molecule has 1 amide bonds. The van der Waals surface area contributed by atoms with Crippen LogP contribution >= 0.6 is 0 Å². The minimum absolute atomic E-state index is 0.0447. The Bertz CT molecular complexity index is 1210. The molecule has 0 unspecified atom stereocenters. The third kappa shape index (κ3) is 4.07. The van der Waals surface area contributed by atoms with Crippen molar-refractivity contribution in [2.24, 2.45) is 0 Å². The molecule has 8 nitrogen and oxygen atoms in total. The summed E-state index contributed by atoms with van der Waals surface area (Å²) in [5.74, 6) is -0.558. The number of hydrogen-bond donors (Lipinski definition) is 1. The quantitative estimate of drug-likeness (QED) is 0.468. The molecule has 0 aliphatic carbocycles. The van der Waals surface area contributed by atoms with Gasteiger partial charge in [0.25, 0.3) is 5.91 Å². The number of para-hydroxylation sites is 1. The van der Waals surface area contributed by atoms with Crippen molar-refractivity contribution < 1.29 is 28.6 Å². The lowest BCUT2D eigenvalue weighted by atomic mass is 10.1. The number of aryl methyl sites for hydroxylation is 1. The van der Waals surface area contributed by atoms with Crippen molar-refractivity contribution in [1.29, 1.82) is 0 Å². The molecule has 164 valence electrons. The van der Waals surface area contributed by atoms with Gasteiger partial charge in [0.15, 0.2) is 23.9 Å². The molecule has 4 rings (SSSR count). The highest BCUT2D eigenvalue weighted by atomic mass is 16.7. The number of aromatic nitrogens is 1. The highest BCUT2D eigenvalue weighted by Gasteiger charge is 2.22. The maximum atomic E-state index is 12.6. The van der Waals surface area contributed by atoms with Crippen molar-refractivity contribution in [3.63, 3.8) is 0 Å². The van der Waals surface area contributed by atoms with Crippen LogP contribution in [0.1, 0.15) is 39.0 Å². The number of anilines is 1. The lowest BCUT2D eigenvalue weighted by Crippen LogP contribution is -2.22. The average molecular weight is 434 g/mol. The second kappa shape index (κ2) is 8.58. The Labute approximate surface area is 184 Å². The normalized spacial score (nSPS) is 11.8. The third-order valence-electron chi connectivity index (χ3n) is 5.17. The van der Waals surface area contributed by atoms with Crippen molar-refractivity contribution in [3.8, 4) is 17.2 Å².